The van der Waals surface area contributed by atoms with Crippen molar-refractivity contribution in [2.45, 2.75) is 6.42 Å². The monoisotopic (exact) mass is 317 g/mol. The Labute approximate surface area is 141 Å². The van der Waals surface area contributed by atoms with Crippen LogP contribution in [0, 0.1) is 0 Å². The van der Waals surface area contributed by atoms with Gasteiger partial charge in [0.1, 0.15) is 0 Å². The Morgan fingerprint density at radius 2 is 1.39 bits per heavy atom. The van der Waals surface area contributed by atoms with E-state index in [1.54, 1.807) is 0 Å². The van der Waals surface area contributed by atoms with Crippen LogP contribution in [0.1, 0.15) is 16.7 Å². The first kappa shape index (κ1) is 14.1. The zero-order valence-electron chi connectivity index (χ0n) is 12.6. The molecule has 1 nitrogen and oxygen atoms in total. The van der Waals surface area contributed by atoms with Crippen molar-refractivity contribution in [1.29, 1.82) is 0 Å². The zero-order valence-corrected chi connectivity index (χ0v) is 13.3. The highest BCUT2D eigenvalue weighted by atomic mass is 35.5. The molecule has 0 bridgehead atoms. The van der Waals surface area contributed by atoms with E-state index in [1.807, 2.05) is 24.3 Å². The van der Waals surface area contributed by atoms with Crippen LogP contribution in [0.4, 0.5) is 11.4 Å². The third-order valence-corrected chi connectivity index (χ3v) is 4.41. The van der Waals surface area contributed by atoms with E-state index in [1.165, 1.54) is 22.3 Å². The molecule has 0 heterocycles. The normalized spacial score (nSPS) is 12.7. The fraction of sp³-hybridized carbons (Fsp3) is 0.0476. The second-order valence-electron chi connectivity index (χ2n) is 5.75. The summed E-state index contributed by atoms with van der Waals surface area (Å²) in [6, 6.07) is 24.9. The third-order valence-electron chi connectivity index (χ3n) is 4.15. The average Bonchev–Trinajstić information content (AvgIpc) is 3.02. The van der Waals surface area contributed by atoms with Gasteiger partial charge in [-0.25, -0.2) is 0 Å². The average molecular weight is 318 g/mol. The van der Waals surface area contributed by atoms with Gasteiger partial charge in [-0.1, -0.05) is 54.1 Å². The molecule has 0 saturated heterocycles. The molecule has 2 heteroatoms. The van der Waals surface area contributed by atoms with Gasteiger partial charge in [0.15, 0.2) is 0 Å². The minimum absolute atomic E-state index is 0.749. The zero-order chi connectivity index (χ0) is 15.6. The summed E-state index contributed by atoms with van der Waals surface area (Å²) in [7, 11) is 0. The maximum Gasteiger partial charge on any atom is 0.0407 e. The van der Waals surface area contributed by atoms with Crippen LogP contribution in [0.15, 0.2) is 72.8 Å². The lowest BCUT2D eigenvalue weighted by atomic mass is 10.0. The summed E-state index contributed by atoms with van der Waals surface area (Å²) in [5, 5.41) is 4.14. The molecule has 0 aromatic heterocycles. The van der Waals surface area contributed by atoms with E-state index in [2.05, 4.69) is 59.9 Å². The number of hydrogen-bond acceptors (Lipinski definition) is 1. The molecule has 0 saturated carbocycles. The Kier molecular flexibility index (Phi) is 3.64. The smallest absolute Gasteiger partial charge is 0.0407 e. The first-order valence-corrected chi connectivity index (χ1v) is 8.07. The standard InChI is InChI=1S/C21H16ClN/c22-19-7-11-21(12-8-19)23-20-9-5-15(6-10-20)18-13-16-3-1-2-4-17(16)14-18/h1-13,23H,14H2. The Balaban J connectivity index is 1.52. The second kappa shape index (κ2) is 5.94. The fourth-order valence-electron chi connectivity index (χ4n) is 2.93. The van der Waals surface area contributed by atoms with Gasteiger partial charge in [0.05, 0.1) is 0 Å². The first-order chi connectivity index (χ1) is 11.3. The molecule has 1 aliphatic rings. The van der Waals surface area contributed by atoms with Gasteiger partial charge in [-0.2, -0.15) is 0 Å². The molecule has 112 valence electrons. The van der Waals surface area contributed by atoms with Crippen molar-refractivity contribution in [3.8, 4) is 0 Å². The quantitative estimate of drug-likeness (QED) is 0.608. The lowest BCUT2D eigenvalue weighted by Gasteiger charge is -2.08. The first-order valence-electron chi connectivity index (χ1n) is 7.69. The predicted octanol–water partition coefficient (Wildman–Crippen LogP) is 6.18. The van der Waals surface area contributed by atoms with E-state index in [0.29, 0.717) is 0 Å². The number of benzene rings is 3. The lowest BCUT2D eigenvalue weighted by molar-refractivity contribution is 1.32. The third kappa shape index (κ3) is 3.01. The van der Waals surface area contributed by atoms with Crippen LogP contribution >= 0.6 is 11.6 Å². The van der Waals surface area contributed by atoms with Crippen molar-refractivity contribution in [3.63, 3.8) is 0 Å². The van der Waals surface area contributed by atoms with Crippen LogP contribution in [0.25, 0.3) is 11.6 Å². The summed E-state index contributed by atoms with van der Waals surface area (Å²) >= 11 is 5.91. The molecule has 23 heavy (non-hydrogen) atoms. The van der Waals surface area contributed by atoms with Gasteiger partial charge in [0, 0.05) is 16.4 Å². The van der Waals surface area contributed by atoms with Gasteiger partial charge in [-0.05, 0) is 65.1 Å². The Hall–Kier alpha value is -2.51. The SMILES string of the molecule is Clc1ccc(Nc2ccc(C3=Cc4ccccc4C3)cc2)cc1. The van der Waals surface area contributed by atoms with Crippen molar-refractivity contribution >= 4 is 34.6 Å². The largest absolute Gasteiger partial charge is 0.356 e. The lowest BCUT2D eigenvalue weighted by Crippen LogP contribution is -1.91. The molecular formula is C21H16ClN. The molecular weight excluding hydrogens is 302 g/mol. The maximum absolute atomic E-state index is 5.91. The maximum atomic E-state index is 5.91. The molecule has 3 aromatic carbocycles. The number of fused-ring (bicyclic) bond motifs is 1. The fourth-order valence-corrected chi connectivity index (χ4v) is 3.06. The molecule has 1 N–H and O–H groups in total. The van der Waals surface area contributed by atoms with Gasteiger partial charge in [-0.3, -0.25) is 0 Å². The van der Waals surface area contributed by atoms with Crippen LogP contribution < -0.4 is 5.32 Å². The highest BCUT2D eigenvalue weighted by Gasteiger charge is 2.13. The van der Waals surface area contributed by atoms with Crippen LogP contribution in [-0.2, 0) is 6.42 Å². The number of nitrogens with one attached hydrogen (secondary N) is 1. The molecule has 1 aliphatic carbocycles. The molecule has 0 amide bonds. The predicted molar refractivity (Wildman–Crippen MR) is 99.2 cm³/mol. The minimum Gasteiger partial charge on any atom is -0.356 e. The van der Waals surface area contributed by atoms with E-state index >= 15 is 0 Å². The molecule has 0 radical (unpaired) electrons. The Bertz CT molecular complexity index is 861. The number of hydrogen-bond donors (Lipinski definition) is 1. The molecule has 0 fully saturated rings. The van der Waals surface area contributed by atoms with Gasteiger partial charge < -0.3 is 5.32 Å². The van der Waals surface area contributed by atoms with Gasteiger partial charge in [0.2, 0.25) is 0 Å². The molecule has 0 spiro atoms. The Morgan fingerprint density at radius 1 is 0.739 bits per heavy atom. The molecule has 0 aliphatic heterocycles. The summed E-state index contributed by atoms with van der Waals surface area (Å²) in [5.74, 6) is 0. The number of rotatable bonds is 3. The van der Waals surface area contributed by atoms with Crippen molar-refractivity contribution in [2.75, 3.05) is 5.32 Å². The molecule has 4 rings (SSSR count). The summed E-state index contributed by atoms with van der Waals surface area (Å²) in [6.07, 6.45) is 3.30. The highest BCUT2D eigenvalue weighted by molar-refractivity contribution is 6.30. The van der Waals surface area contributed by atoms with Crippen molar-refractivity contribution in [2.24, 2.45) is 0 Å². The van der Waals surface area contributed by atoms with E-state index in [9.17, 15) is 0 Å². The number of anilines is 2. The highest BCUT2D eigenvalue weighted by Crippen LogP contribution is 2.32. The number of allylic oxidation sites excluding steroid dienone is 1. The van der Waals surface area contributed by atoms with Crippen LogP contribution in [0.2, 0.25) is 5.02 Å². The van der Waals surface area contributed by atoms with Crippen molar-refractivity contribution in [1.82, 2.24) is 0 Å². The summed E-state index contributed by atoms with van der Waals surface area (Å²) in [6.45, 7) is 0. The van der Waals surface area contributed by atoms with Gasteiger partial charge >= 0.3 is 0 Å². The topological polar surface area (TPSA) is 12.0 Å². The molecule has 0 unspecified atom stereocenters. The number of halogens is 1. The van der Waals surface area contributed by atoms with E-state index < -0.39 is 0 Å². The summed E-state index contributed by atoms with van der Waals surface area (Å²) in [4.78, 5) is 0. The van der Waals surface area contributed by atoms with Crippen LogP contribution in [-0.4, -0.2) is 0 Å². The summed E-state index contributed by atoms with van der Waals surface area (Å²) < 4.78 is 0. The molecule has 3 aromatic rings. The van der Waals surface area contributed by atoms with E-state index in [0.717, 1.165) is 22.8 Å². The van der Waals surface area contributed by atoms with E-state index in [-0.39, 0.29) is 0 Å². The summed E-state index contributed by atoms with van der Waals surface area (Å²) in [5.41, 5.74) is 7.52. The Morgan fingerprint density at radius 3 is 2.09 bits per heavy atom. The molecule has 0 atom stereocenters. The van der Waals surface area contributed by atoms with Gasteiger partial charge in [0.25, 0.3) is 0 Å². The van der Waals surface area contributed by atoms with Crippen LogP contribution in [0.3, 0.4) is 0 Å². The minimum atomic E-state index is 0.749. The van der Waals surface area contributed by atoms with Gasteiger partial charge in [-0.15, -0.1) is 0 Å². The second-order valence-corrected chi connectivity index (χ2v) is 6.19. The van der Waals surface area contributed by atoms with E-state index in [4.69, 9.17) is 11.6 Å². The van der Waals surface area contributed by atoms with Crippen molar-refractivity contribution in [3.05, 3.63) is 94.5 Å². The van der Waals surface area contributed by atoms with Crippen molar-refractivity contribution < 1.29 is 0 Å². The van der Waals surface area contributed by atoms with Crippen LogP contribution in [0.5, 0.6) is 0 Å².